The highest BCUT2D eigenvalue weighted by molar-refractivity contribution is 9.13. The first-order valence-corrected chi connectivity index (χ1v) is 8.10. The Bertz CT molecular complexity index is 583. The summed E-state index contributed by atoms with van der Waals surface area (Å²) in [5.41, 5.74) is 2.29. The van der Waals surface area contributed by atoms with Gasteiger partial charge in [0.2, 0.25) is 0 Å². The van der Waals surface area contributed by atoms with E-state index in [1.165, 1.54) is 6.21 Å². The smallest absolute Gasteiger partial charge is 0.428 e. The van der Waals surface area contributed by atoms with Gasteiger partial charge in [-0.15, -0.1) is 0 Å². The molecule has 2 N–H and O–H groups in total. The number of phenolic OH excluding ortho intramolecular Hbond substituents is 1. The molecule has 0 unspecified atom stereocenters. The maximum Gasteiger partial charge on any atom is 0.428 e. The van der Waals surface area contributed by atoms with E-state index in [9.17, 15) is 9.90 Å². The Morgan fingerprint density at radius 2 is 2.05 bits per heavy atom. The van der Waals surface area contributed by atoms with Crippen molar-refractivity contribution in [1.29, 1.82) is 0 Å². The predicted octanol–water partition coefficient (Wildman–Crippen LogP) is 4.17. The number of nitrogens with one attached hydrogen (secondary N) is 1. The van der Waals surface area contributed by atoms with Crippen molar-refractivity contribution in [3.8, 4) is 11.5 Å². The molecule has 0 spiro atoms. The number of carbonyl (C=O) groups excluding carboxylic acids is 1. The summed E-state index contributed by atoms with van der Waals surface area (Å²) >= 11 is 6.60. The molecule has 0 radical (unpaired) electrons. The molecular weight excluding hydrogens is 420 g/mol. The number of aromatic hydroxyl groups is 1. The second-order valence-corrected chi connectivity index (χ2v) is 6.83. The van der Waals surface area contributed by atoms with E-state index in [4.69, 9.17) is 9.47 Å². The minimum Gasteiger partial charge on any atom is -0.503 e. The van der Waals surface area contributed by atoms with Crippen LogP contribution < -0.4 is 10.2 Å². The molecule has 22 heavy (non-hydrogen) atoms. The Labute approximate surface area is 146 Å². The van der Waals surface area contributed by atoms with Crippen LogP contribution >= 0.6 is 31.9 Å². The summed E-state index contributed by atoms with van der Waals surface area (Å²) in [5.74, 6) is 0.308. The van der Waals surface area contributed by atoms with Gasteiger partial charge in [0.05, 0.1) is 17.3 Å². The fourth-order valence-corrected chi connectivity index (χ4v) is 2.26. The zero-order valence-electron chi connectivity index (χ0n) is 12.7. The number of amides is 1. The number of rotatable bonds is 4. The van der Waals surface area contributed by atoms with Crippen molar-refractivity contribution in [2.75, 3.05) is 6.61 Å². The van der Waals surface area contributed by atoms with Crippen LogP contribution in [0.25, 0.3) is 0 Å². The van der Waals surface area contributed by atoms with Gasteiger partial charge >= 0.3 is 6.09 Å². The van der Waals surface area contributed by atoms with Crippen LogP contribution in [0.15, 0.2) is 20.1 Å². The molecule has 0 bridgehead atoms. The Morgan fingerprint density at radius 1 is 1.41 bits per heavy atom. The van der Waals surface area contributed by atoms with Crippen LogP contribution in [0.5, 0.6) is 11.5 Å². The summed E-state index contributed by atoms with van der Waals surface area (Å²) in [6, 6.07) is 1.61. The lowest BCUT2D eigenvalue weighted by molar-refractivity contribution is 0.0529. The van der Waals surface area contributed by atoms with E-state index in [1.807, 2.05) is 6.92 Å². The largest absolute Gasteiger partial charge is 0.503 e. The van der Waals surface area contributed by atoms with Gasteiger partial charge in [0, 0.05) is 10.0 Å². The Hall–Kier alpha value is -1.28. The number of nitrogens with zero attached hydrogens (tertiary/aromatic N) is 1. The molecule has 122 valence electrons. The van der Waals surface area contributed by atoms with Gasteiger partial charge in [-0.25, -0.2) is 10.2 Å². The number of benzene rings is 1. The number of phenols is 1. The van der Waals surface area contributed by atoms with Crippen LogP contribution in [-0.4, -0.2) is 29.6 Å². The first-order chi connectivity index (χ1) is 10.2. The van der Waals surface area contributed by atoms with Crippen LogP contribution in [0.3, 0.4) is 0 Å². The van der Waals surface area contributed by atoms with Crippen molar-refractivity contribution in [2.45, 2.75) is 33.3 Å². The quantitative estimate of drug-likeness (QED) is 0.547. The highest BCUT2D eigenvalue weighted by Crippen LogP contribution is 2.41. The lowest BCUT2D eigenvalue weighted by Gasteiger charge is -2.18. The molecule has 0 aliphatic carbocycles. The third-order valence-corrected chi connectivity index (χ3v) is 4.39. The van der Waals surface area contributed by atoms with Crippen molar-refractivity contribution in [3.63, 3.8) is 0 Å². The second kappa shape index (κ2) is 7.82. The van der Waals surface area contributed by atoms with Crippen molar-refractivity contribution in [3.05, 3.63) is 20.6 Å². The molecular formula is C14H18Br2N2O4. The van der Waals surface area contributed by atoms with Gasteiger partial charge in [-0.2, -0.15) is 5.10 Å². The molecule has 0 aliphatic rings. The monoisotopic (exact) mass is 436 g/mol. The Balaban J connectivity index is 2.89. The van der Waals surface area contributed by atoms with Gasteiger partial charge in [-0.3, -0.25) is 0 Å². The van der Waals surface area contributed by atoms with E-state index >= 15 is 0 Å². The molecule has 0 heterocycles. The van der Waals surface area contributed by atoms with Crippen molar-refractivity contribution in [1.82, 2.24) is 5.43 Å². The summed E-state index contributed by atoms with van der Waals surface area (Å²) in [7, 11) is 0. The second-order valence-electron chi connectivity index (χ2n) is 5.25. The van der Waals surface area contributed by atoms with E-state index in [0.717, 1.165) is 0 Å². The van der Waals surface area contributed by atoms with Crippen LogP contribution in [0.2, 0.25) is 0 Å². The lowest BCUT2D eigenvalue weighted by atomic mass is 10.2. The summed E-state index contributed by atoms with van der Waals surface area (Å²) in [5, 5.41) is 13.8. The zero-order valence-corrected chi connectivity index (χ0v) is 15.9. The van der Waals surface area contributed by atoms with E-state index in [1.54, 1.807) is 26.8 Å². The highest BCUT2D eigenvalue weighted by Gasteiger charge is 2.16. The van der Waals surface area contributed by atoms with E-state index in [2.05, 4.69) is 42.4 Å². The van der Waals surface area contributed by atoms with Gasteiger partial charge in [-0.05, 0) is 65.6 Å². The molecule has 0 aromatic heterocycles. The van der Waals surface area contributed by atoms with Crippen LogP contribution in [0.4, 0.5) is 4.79 Å². The molecule has 1 amide bonds. The molecule has 0 fully saturated rings. The maximum absolute atomic E-state index is 11.5. The van der Waals surface area contributed by atoms with Crippen molar-refractivity contribution in [2.24, 2.45) is 5.10 Å². The third-order valence-electron chi connectivity index (χ3n) is 2.23. The van der Waals surface area contributed by atoms with Crippen molar-refractivity contribution >= 4 is 44.2 Å². The minimum atomic E-state index is -0.650. The number of halogens is 2. The van der Waals surface area contributed by atoms with E-state index < -0.39 is 11.7 Å². The molecule has 0 aliphatic heterocycles. The van der Waals surface area contributed by atoms with Gasteiger partial charge in [0.15, 0.2) is 11.5 Å². The third kappa shape index (κ3) is 5.49. The molecule has 8 heteroatoms. The lowest BCUT2D eigenvalue weighted by Crippen LogP contribution is -2.29. The van der Waals surface area contributed by atoms with Gasteiger partial charge in [-0.1, -0.05) is 0 Å². The first kappa shape index (κ1) is 18.8. The number of hydrogen-bond acceptors (Lipinski definition) is 5. The molecule has 0 atom stereocenters. The fourth-order valence-electron chi connectivity index (χ4n) is 1.43. The SMILES string of the molecule is CCOc1cc(/C=N/NC(=O)OC(C)(C)C)c(Br)c(Br)c1O. The zero-order chi connectivity index (χ0) is 16.9. The summed E-state index contributed by atoms with van der Waals surface area (Å²) in [6.45, 7) is 7.51. The fraction of sp³-hybridized carbons (Fsp3) is 0.429. The van der Waals surface area contributed by atoms with Crippen LogP contribution in [0.1, 0.15) is 33.3 Å². The standard InChI is InChI=1S/C14H18Br2N2O4/c1-5-21-9-6-8(10(15)11(16)12(9)19)7-17-18-13(20)22-14(2,3)4/h6-7,19H,5H2,1-4H3,(H,18,20)/b17-7+. The number of hydrazone groups is 1. The average molecular weight is 438 g/mol. The normalized spacial score (nSPS) is 11.5. The molecule has 1 rings (SSSR count). The van der Waals surface area contributed by atoms with Gasteiger partial charge in [0.1, 0.15) is 5.60 Å². The topological polar surface area (TPSA) is 80.2 Å². The molecule has 0 saturated carbocycles. The number of ether oxygens (including phenoxy) is 2. The van der Waals surface area contributed by atoms with E-state index in [0.29, 0.717) is 26.9 Å². The van der Waals surface area contributed by atoms with Crippen LogP contribution in [0, 0.1) is 0 Å². The maximum atomic E-state index is 11.5. The molecule has 0 saturated heterocycles. The Morgan fingerprint density at radius 3 is 2.59 bits per heavy atom. The predicted molar refractivity (Wildman–Crippen MR) is 91.6 cm³/mol. The molecule has 1 aromatic carbocycles. The number of hydrogen-bond donors (Lipinski definition) is 2. The van der Waals surface area contributed by atoms with Crippen molar-refractivity contribution < 1.29 is 19.4 Å². The summed E-state index contributed by atoms with van der Waals surface area (Å²) in [4.78, 5) is 11.5. The highest BCUT2D eigenvalue weighted by atomic mass is 79.9. The summed E-state index contributed by atoms with van der Waals surface area (Å²) < 4.78 is 11.4. The van der Waals surface area contributed by atoms with Gasteiger partial charge in [0.25, 0.3) is 0 Å². The van der Waals surface area contributed by atoms with E-state index in [-0.39, 0.29) is 5.75 Å². The molecule has 6 nitrogen and oxygen atoms in total. The minimum absolute atomic E-state index is 0.00836. The first-order valence-electron chi connectivity index (χ1n) is 6.51. The number of carbonyl (C=O) groups is 1. The Kier molecular flexibility index (Phi) is 6.67. The van der Waals surface area contributed by atoms with Gasteiger partial charge < -0.3 is 14.6 Å². The van der Waals surface area contributed by atoms with Crippen LogP contribution in [-0.2, 0) is 4.74 Å². The average Bonchev–Trinajstić information content (AvgIpc) is 2.39. The summed E-state index contributed by atoms with van der Waals surface area (Å²) in [6.07, 6.45) is 0.767. The molecule has 1 aromatic rings.